The van der Waals surface area contributed by atoms with Gasteiger partial charge >= 0.3 is 0 Å². The number of aromatic nitrogens is 3. The van der Waals surface area contributed by atoms with E-state index in [1.165, 1.54) is 105 Å². The van der Waals surface area contributed by atoms with Crippen molar-refractivity contribution in [2.75, 3.05) is 52.8 Å². The number of aliphatic imine (C=N–C) groups is 1. The summed E-state index contributed by atoms with van der Waals surface area (Å²) in [6.45, 7) is 6.83. The molecule has 0 aliphatic carbocycles. The van der Waals surface area contributed by atoms with Crippen LogP contribution in [0.5, 0.6) is 0 Å². The van der Waals surface area contributed by atoms with Gasteiger partial charge in [0.1, 0.15) is 10.9 Å². The number of thioether (sulfide) groups is 1. The first-order chi connectivity index (χ1) is 34.9. The number of hydrogen-bond donors (Lipinski definition) is 3. The lowest BCUT2D eigenvalue weighted by molar-refractivity contribution is -0.384. The van der Waals surface area contributed by atoms with Gasteiger partial charge in [-0.1, -0.05) is 12.1 Å². The molecule has 0 saturated carbocycles. The number of likely N-dealkylation sites (tertiary alicyclic amines) is 3. The second kappa shape index (κ2) is 25.3. The number of aryl methyl sites for hydroxylation is 3. The number of fused-ring (bicyclic) bond motifs is 3. The van der Waals surface area contributed by atoms with Gasteiger partial charge in [-0.05, 0) is 188 Å². The molecule has 11 rings (SSSR count). The lowest BCUT2D eigenvalue weighted by atomic mass is 10.1. The summed E-state index contributed by atoms with van der Waals surface area (Å²) >= 11 is 4.70. The van der Waals surface area contributed by atoms with Crippen LogP contribution in [-0.2, 0) is 19.6 Å². The number of rotatable bonds is 13. The van der Waals surface area contributed by atoms with E-state index in [4.69, 9.17) is 16.9 Å². The van der Waals surface area contributed by atoms with Crippen LogP contribution in [0.4, 0.5) is 17.1 Å². The normalized spacial score (nSPS) is 18.5. The Morgan fingerprint density at radius 1 is 0.667 bits per heavy atom. The van der Waals surface area contributed by atoms with Crippen molar-refractivity contribution in [1.82, 2.24) is 28.4 Å². The Morgan fingerprint density at radius 3 is 1.57 bits per heavy atom. The van der Waals surface area contributed by atoms with Crippen molar-refractivity contribution in [2.45, 2.75) is 95.5 Å². The van der Waals surface area contributed by atoms with Crippen LogP contribution in [0.2, 0.25) is 0 Å². The Kier molecular flexibility index (Phi) is 18.4. The smallest absolute Gasteiger partial charge is 0.270 e. The molecule has 380 valence electrons. The first-order valence-corrected chi connectivity index (χ1v) is 28.2. The number of nitrogens with one attached hydrogen (secondary N) is 1. The fourth-order valence-electron chi connectivity index (χ4n) is 10.4. The summed E-state index contributed by atoms with van der Waals surface area (Å²) in [5, 5.41) is 26.2. The second-order valence-electron chi connectivity index (χ2n) is 19.3. The predicted molar refractivity (Wildman–Crippen MR) is 307 cm³/mol. The Labute approximate surface area is 436 Å². The quantitative estimate of drug-likeness (QED) is 0.0339. The minimum atomic E-state index is -0.343. The molecule has 13 nitrogen and oxygen atoms in total. The van der Waals surface area contributed by atoms with E-state index in [0.717, 1.165) is 70.2 Å². The summed E-state index contributed by atoms with van der Waals surface area (Å²) < 4.78 is 6.91. The van der Waals surface area contributed by atoms with Crippen LogP contribution in [-0.4, -0.2) is 109 Å². The van der Waals surface area contributed by atoms with Crippen molar-refractivity contribution >= 4 is 95.1 Å². The molecule has 5 N–H and O–H groups in total. The maximum atomic E-state index is 10.8. The monoisotopic (exact) mass is 1030 g/mol. The maximum Gasteiger partial charge on any atom is 0.270 e. The minimum Gasteiger partial charge on any atom is -0.399 e. The number of thiophene rings is 2. The van der Waals surface area contributed by atoms with Crippen LogP contribution in [0, 0.1) is 15.5 Å². The molecule has 0 amide bonds. The number of hydrogen-bond acceptors (Lipinski definition) is 11. The molecule has 8 aromatic rings. The summed E-state index contributed by atoms with van der Waals surface area (Å²) in [5.41, 5.74) is 17.5. The lowest BCUT2D eigenvalue weighted by Crippen LogP contribution is -2.25. The third kappa shape index (κ3) is 13.6. The van der Waals surface area contributed by atoms with E-state index in [1.54, 1.807) is 34.8 Å². The van der Waals surface area contributed by atoms with E-state index >= 15 is 0 Å². The van der Waals surface area contributed by atoms with E-state index in [-0.39, 0.29) is 10.6 Å². The number of nitro benzene ring substituents is 1. The van der Waals surface area contributed by atoms with E-state index in [2.05, 4.69) is 103 Å². The molecule has 3 unspecified atom stereocenters. The van der Waals surface area contributed by atoms with Crippen molar-refractivity contribution in [3.05, 3.63) is 146 Å². The number of nitro groups is 1. The number of non-ortho nitro benzene ring substituents is 1. The number of nitrogens with two attached hydrogens (primary N) is 2. The van der Waals surface area contributed by atoms with Crippen molar-refractivity contribution in [1.29, 1.82) is 5.41 Å². The zero-order chi connectivity index (χ0) is 50.6. The second-order valence-corrected chi connectivity index (χ2v) is 22.0. The highest BCUT2D eigenvalue weighted by Crippen LogP contribution is 2.28. The largest absolute Gasteiger partial charge is 0.399 e. The molecule has 16 heteroatoms. The van der Waals surface area contributed by atoms with Crippen molar-refractivity contribution in [2.24, 2.45) is 10.7 Å². The molecule has 5 aromatic heterocycles. The zero-order valence-electron chi connectivity index (χ0n) is 42.2. The lowest BCUT2D eigenvalue weighted by Gasteiger charge is -2.19. The van der Waals surface area contributed by atoms with Gasteiger partial charge in [0.05, 0.1) is 20.4 Å². The van der Waals surface area contributed by atoms with Crippen LogP contribution < -0.4 is 11.5 Å². The molecular weight excluding hydrogens is 955 g/mol. The molecule has 0 radical (unpaired) electrons. The molecule has 0 bridgehead atoms. The van der Waals surface area contributed by atoms with Crippen molar-refractivity contribution < 1.29 is 4.92 Å². The van der Waals surface area contributed by atoms with Gasteiger partial charge in [-0.15, -0.1) is 34.4 Å². The van der Waals surface area contributed by atoms with Crippen LogP contribution in [0.3, 0.4) is 0 Å². The average molecular weight is 1030 g/mol. The molecule has 3 aliphatic rings. The first-order valence-electron chi connectivity index (χ1n) is 25.3. The highest BCUT2D eigenvalue weighted by Gasteiger charge is 2.23. The van der Waals surface area contributed by atoms with Crippen LogP contribution >= 0.6 is 34.4 Å². The Hall–Kier alpha value is -5.75. The predicted octanol–water partition coefficient (Wildman–Crippen LogP) is 12.4. The molecule has 3 aliphatic heterocycles. The number of anilines is 1. The summed E-state index contributed by atoms with van der Waals surface area (Å²) in [4.78, 5) is 24.5. The van der Waals surface area contributed by atoms with Gasteiger partial charge < -0.3 is 39.9 Å². The van der Waals surface area contributed by atoms with Gasteiger partial charge in [0.2, 0.25) is 0 Å². The van der Waals surface area contributed by atoms with Gasteiger partial charge in [-0.3, -0.25) is 15.5 Å². The summed E-state index contributed by atoms with van der Waals surface area (Å²) in [6.07, 6.45) is 19.8. The maximum absolute atomic E-state index is 10.8. The fourth-order valence-corrected chi connectivity index (χ4v) is 12.2. The molecule has 3 atom stereocenters. The highest BCUT2D eigenvalue weighted by atomic mass is 32.2. The Morgan fingerprint density at radius 2 is 1.12 bits per heavy atom. The van der Waals surface area contributed by atoms with E-state index in [9.17, 15) is 10.1 Å². The van der Waals surface area contributed by atoms with Gasteiger partial charge in [0.15, 0.2) is 0 Å². The number of amidine groups is 1. The summed E-state index contributed by atoms with van der Waals surface area (Å²) in [7, 11) is 6.68. The molecule has 8 heterocycles. The van der Waals surface area contributed by atoms with Gasteiger partial charge in [-0.2, -0.15) is 0 Å². The number of benzene rings is 3. The average Bonchev–Trinajstić information content (AvgIpc) is 4.24. The van der Waals surface area contributed by atoms with Crippen molar-refractivity contribution in [3.63, 3.8) is 0 Å². The molecule has 3 saturated heterocycles. The minimum absolute atomic E-state index is 0.158. The van der Waals surface area contributed by atoms with Gasteiger partial charge in [0, 0.05) is 107 Å². The van der Waals surface area contributed by atoms with Crippen LogP contribution in [0.25, 0.3) is 32.7 Å². The number of nitrogen functional groups attached to an aromatic ring is 1. The highest BCUT2D eigenvalue weighted by molar-refractivity contribution is 8.14. The zero-order valence-corrected chi connectivity index (χ0v) is 44.7. The Balaban J connectivity index is 0.000000134. The van der Waals surface area contributed by atoms with E-state index in [0.29, 0.717) is 16.9 Å². The third-order valence-corrected chi connectivity index (χ3v) is 17.1. The summed E-state index contributed by atoms with van der Waals surface area (Å²) in [6, 6.07) is 34.0. The first kappa shape index (κ1) is 52.6. The van der Waals surface area contributed by atoms with Gasteiger partial charge in [-0.25, -0.2) is 4.99 Å². The van der Waals surface area contributed by atoms with Crippen LogP contribution in [0.1, 0.15) is 67.5 Å². The molecule has 0 spiro atoms. The number of nitrogens with zero attached hydrogens (tertiary/aromatic N) is 8. The molecule has 72 heavy (non-hydrogen) atoms. The standard InChI is InChI=1S/C20H24N4S.C15H19N3O2.C15H21N3.C6H7NS2/c1-23-10-2-4-17(23)9-12-24-11-8-15-14-16(6-7-18(15)24)22-20(21)19-5-3-13-25-19;1-16-8-2-3-13(16)7-10-17-9-6-12-11-14(18(19)20)4-5-15(12)17;1-17-8-2-3-14(17)7-10-18-9-6-12-11-13(16)4-5-15(12)18;1-8-6(7)5-3-2-4-9-5/h3,5-8,11,13-14,17H,2,4,9-10,12H2,1H3,(H2,21,22);4-6,9,11,13H,2-3,7-8,10H2,1H3;4-6,9,11,14H,2-3,7-8,10,16H2,1H3;2-4,7H,1H3. The van der Waals surface area contributed by atoms with E-state index in [1.807, 2.05) is 71.7 Å². The SMILES string of the molecule is CN1CCCC1CCn1ccc2cc(N)ccc21.CN1CCCC1CCn1ccc2cc(N=C(N)c3cccs3)ccc21.CN1CCCC1CCn1ccc2cc([N+](=O)[O-])ccc21.CSC(=N)c1cccs1. The summed E-state index contributed by atoms with van der Waals surface area (Å²) in [5.74, 6) is 0.582. The molecule has 3 fully saturated rings. The van der Waals surface area contributed by atoms with E-state index < -0.39 is 0 Å². The Bertz CT molecular complexity index is 3030. The van der Waals surface area contributed by atoms with Gasteiger partial charge in [0.25, 0.3) is 5.69 Å². The molecule has 3 aromatic carbocycles. The third-order valence-electron chi connectivity index (χ3n) is 14.6. The topological polar surface area (TPSA) is 156 Å². The molecular formula is C56H71N11O2S3. The van der Waals surface area contributed by atoms with Crippen molar-refractivity contribution in [3.8, 4) is 0 Å². The fraction of sp³-hybridized carbons (Fsp3) is 0.393. The van der Waals surface area contributed by atoms with Crippen LogP contribution in [0.15, 0.2) is 131 Å².